The lowest BCUT2D eigenvalue weighted by Gasteiger charge is -2.35. The summed E-state index contributed by atoms with van der Waals surface area (Å²) in [5.74, 6) is 0.959. The molecular weight excluding hydrogens is 487 g/mol. The fraction of sp³-hybridized carbons (Fsp3) is 0.579. The van der Waals surface area contributed by atoms with E-state index in [1.54, 1.807) is 4.88 Å². The molecule has 0 amide bonds. The van der Waals surface area contributed by atoms with E-state index in [9.17, 15) is 0 Å². The van der Waals surface area contributed by atoms with Crippen LogP contribution in [0.1, 0.15) is 22.1 Å². The number of rotatable bonds is 4. The Balaban J connectivity index is 0.00000225. The molecule has 2 aromatic rings. The van der Waals surface area contributed by atoms with Gasteiger partial charge in [-0.05, 0) is 23.4 Å². The lowest BCUT2D eigenvalue weighted by Crippen LogP contribution is -2.49. The van der Waals surface area contributed by atoms with Crippen molar-refractivity contribution in [3.05, 3.63) is 39.8 Å². The van der Waals surface area contributed by atoms with Gasteiger partial charge in [-0.25, -0.2) is 0 Å². The number of nitrogens with one attached hydrogen (secondary N) is 1. The SMILES string of the molecule is CN=C(NCCN1CCc2sccc2C1)N1CCOC(c2cnn(C)c2)C1.I. The minimum Gasteiger partial charge on any atom is -0.370 e. The van der Waals surface area contributed by atoms with Gasteiger partial charge in [-0.3, -0.25) is 14.6 Å². The van der Waals surface area contributed by atoms with Crippen LogP contribution in [0.2, 0.25) is 0 Å². The number of thiophene rings is 1. The maximum absolute atomic E-state index is 5.94. The Hall–Kier alpha value is -1.17. The van der Waals surface area contributed by atoms with Crippen molar-refractivity contribution in [2.45, 2.75) is 19.1 Å². The third-order valence-electron chi connectivity index (χ3n) is 5.27. The molecule has 4 rings (SSSR count). The quantitative estimate of drug-likeness (QED) is 0.384. The van der Waals surface area contributed by atoms with E-state index in [2.05, 4.69) is 36.7 Å². The van der Waals surface area contributed by atoms with Gasteiger partial charge in [0, 0.05) is 63.5 Å². The highest BCUT2D eigenvalue weighted by Crippen LogP contribution is 2.24. The smallest absolute Gasteiger partial charge is 0.193 e. The van der Waals surface area contributed by atoms with Crippen molar-refractivity contribution < 1.29 is 4.74 Å². The van der Waals surface area contributed by atoms with Crippen LogP contribution in [0.4, 0.5) is 0 Å². The summed E-state index contributed by atoms with van der Waals surface area (Å²) in [6.45, 7) is 6.51. The van der Waals surface area contributed by atoms with Crippen LogP contribution in [-0.2, 0) is 24.8 Å². The van der Waals surface area contributed by atoms with Gasteiger partial charge in [0.2, 0.25) is 0 Å². The van der Waals surface area contributed by atoms with Crippen LogP contribution in [0.3, 0.4) is 0 Å². The van der Waals surface area contributed by atoms with Gasteiger partial charge < -0.3 is 15.0 Å². The zero-order chi connectivity index (χ0) is 18.6. The van der Waals surface area contributed by atoms with Gasteiger partial charge in [0.05, 0.1) is 19.3 Å². The molecule has 1 unspecified atom stereocenters. The summed E-state index contributed by atoms with van der Waals surface area (Å²) in [6, 6.07) is 2.27. The Morgan fingerprint density at radius 1 is 1.43 bits per heavy atom. The fourth-order valence-corrected chi connectivity index (χ4v) is 4.70. The average Bonchev–Trinajstić information content (AvgIpc) is 3.34. The van der Waals surface area contributed by atoms with E-state index in [1.807, 2.05) is 42.5 Å². The second-order valence-electron chi connectivity index (χ2n) is 7.12. The van der Waals surface area contributed by atoms with E-state index < -0.39 is 0 Å². The van der Waals surface area contributed by atoms with Gasteiger partial charge in [0.25, 0.3) is 0 Å². The number of hydrogen-bond acceptors (Lipinski definition) is 5. The van der Waals surface area contributed by atoms with E-state index in [0.717, 1.165) is 50.8 Å². The minimum atomic E-state index is 0. The average molecular weight is 516 g/mol. The van der Waals surface area contributed by atoms with E-state index in [4.69, 9.17) is 4.74 Å². The van der Waals surface area contributed by atoms with Gasteiger partial charge in [-0.1, -0.05) is 0 Å². The molecule has 0 saturated carbocycles. The highest BCUT2D eigenvalue weighted by atomic mass is 127. The van der Waals surface area contributed by atoms with Gasteiger partial charge in [-0.2, -0.15) is 5.10 Å². The normalized spacial score (nSPS) is 20.6. The van der Waals surface area contributed by atoms with E-state index in [1.165, 1.54) is 12.0 Å². The Labute approximate surface area is 187 Å². The standard InChI is InChI=1S/C19H28N6OS.HI/c1-20-19(21-5-7-24-6-3-18-15(13-24)4-10-27-18)25-8-9-26-17(14-25)16-11-22-23(2)12-16;/h4,10-12,17H,3,5-9,13-14H2,1-2H3,(H,20,21);1H. The molecule has 2 aromatic heterocycles. The van der Waals surface area contributed by atoms with E-state index in [0.29, 0.717) is 6.61 Å². The van der Waals surface area contributed by atoms with Gasteiger partial charge in [-0.15, -0.1) is 35.3 Å². The predicted octanol–water partition coefficient (Wildman–Crippen LogP) is 2.11. The molecule has 1 atom stereocenters. The molecule has 0 aromatic carbocycles. The summed E-state index contributed by atoms with van der Waals surface area (Å²) in [5.41, 5.74) is 2.63. The van der Waals surface area contributed by atoms with Gasteiger partial charge in [0.15, 0.2) is 5.96 Å². The molecule has 0 bridgehead atoms. The van der Waals surface area contributed by atoms with Crippen LogP contribution >= 0.6 is 35.3 Å². The fourth-order valence-electron chi connectivity index (χ4n) is 3.81. The lowest BCUT2D eigenvalue weighted by molar-refractivity contribution is -0.00805. The minimum absolute atomic E-state index is 0. The Kier molecular flexibility index (Phi) is 7.72. The van der Waals surface area contributed by atoms with Crippen molar-refractivity contribution in [3.63, 3.8) is 0 Å². The number of hydrogen-bond donors (Lipinski definition) is 1. The van der Waals surface area contributed by atoms with Crippen LogP contribution in [0.15, 0.2) is 28.8 Å². The topological polar surface area (TPSA) is 57.9 Å². The number of aliphatic imine (C=N–C) groups is 1. The van der Waals surface area contributed by atoms with Crippen LogP contribution in [-0.4, -0.2) is 71.9 Å². The number of halogens is 1. The monoisotopic (exact) mass is 516 g/mol. The van der Waals surface area contributed by atoms with Crippen molar-refractivity contribution >= 4 is 41.3 Å². The van der Waals surface area contributed by atoms with Crippen molar-refractivity contribution in [1.29, 1.82) is 0 Å². The molecule has 28 heavy (non-hydrogen) atoms. The first-order chi connectivity index (χ1) is 13.2. The number of aromatic nitrogens is 2. The molecule has 2 aliphatic heterocycles. The highest BCUT2D eigenvalue weighted by molar-refractivity contribution is 14.0. The summed E-state index contributed by atoms with van der Waals surface area (Å²) in [5, 5.41) is 10.0. The van der Waals surface area contributed by atoms with Crippen molar-refractivity contribution in [3.8, 4) is 0 Å². The maximum atomic E-state index is 5.94. The largest absolute Gasteiger partial charge is 0.370 e. The Morgan fingerprint density at radius 3 is 3.11 bits per heavy atom. The third-order valence-corrected chi connectivity index (χ3v) is 6.30. The highest BCUT2D eigenvalue weighted by Gasteiger charge is 2.25. The first-order valence-electron chi connectivity index (χ1n) is 9.56. The predicted molar refractivity (Wildman–Crippen MR) is 124 cm³/mol. The first-order valence-corrected chi connectivity index (χ1v) is 10.4. The van der Waals surface area contributed by atoms with Crippen LogP contribution < -0.4 is 5.32 Å². The van der Waals surface area contributed by atoms with E-state index >= 15 is 0 Å². The summed E-state index contributed by atoms with van der Waals surface area (Å²) in [7, 11) is 3.79. The molecule has 1 fully saturated rings. The number of aryl methyl sites for hydroxylation is 1. The second kappa shape index (κ2) is 10.0. The third kappa shape index (κ3) is 5.05. The zero-order valence-electron chi connectivity index (χ0n) is 16.5. The second-order valence-corrected chi connectivity index (χ2v) is 8.12. The Bertz CT molecular complexity index is 791. The molecule has 1 N–H and O–H groups in total. The summed E-state index contributed by atoms with van der Waals surface area (Å²) < 4.78 is 7.76. The number of nitrogens with zero attached hydrogens (tertiary/aromatic N) is 5. The number of ether oxygens (including phenoxy) is 1. The van der Waals surface area contributed by atoms with Crippen molar-refractivity contribution in [2.24, 2.45) is 12.0 Å². The summed E-state index contributed by atoms with van der Waals surface area (Å²) in [6.07, 6.45) is 5.14. The van der Waals surface area contributed by atoms with Crippen LogP contribution in [0.5, 0.6) is 0 Å². The summed E-state index contributed by atoms with van der Waals surface area (Å²) >= 11 is 1.89. The van der Waals surface area contributed by atoms with Crippen LogP contribution in [0, 0.1) is 0 Å². The zero-order valence-corrected chi connectivity index (χ0v) is 19.7. The molecule has 154 valence electrons. The molecule has 9 heteroatoms. The molecule has 7 nitrogen and oxygen atoms in total. The Morgan fingerprint density at radius 2 is 2.32 bits per heavy atom. The first kappa shape index (κ1) is 21.5. The van der Waals surface area contributed by atoms with Crippen molar-refractivity contribution in [1.82, 2.24) is 24.9 Å². The van der Waals surface area contributed by atoms with Gasteiger partial charge >= 0.3 is 0 Å². The molecular formula is C19H29IN6OS. The lowest BCUT2D eigenvalue weighted by atomic mass is 10.1. The number of morpholine rings is 1. The molecule has 0 spiro atoms. The van der Waals surface area contributed by atoms with Crippen LogP contribution in [0.25, 0.3) is 0 Å². The van der Waals surface area contributed by atoms with Gasteiger partial charge in [0.1, 0.15) is 6.10 Å². The molecule has 4 heterocycles. The molecule has 0 radical (unpaired) electrons. The number of guanidine groups is 1. The van der Waals surface area contributed by atoms with E-state index in [-0.39, 0.29) is 30.1 Å². The molecule has 2 aliphatic rings. The van der Waals surface area contributed by atoms with Crippen molar-refractivity contribution in [2.75, 3.05) is 46.4 Å². The molecule has 1 saturated heterocycles. The molecule has 0 aliphatic carbocycles. The summed E-state index contributed by atoms with van der Waals surface area (Å²) in [4.78, 5) is 10.9. The number of fused-ring (bicyclic) bond motifs is 1. The maximum Gasteiger partial charge on any atom is 0.193 e.